The first-order chi connectivity index (χ1) is 29.8. The Morgan fingerprint density at radius 1 is 0.400 bits per heavy atom. The Morgan fingerprint density at radius 2 is 0.883 bits per heavy atom. The van der Waals surface area contributed by atoms with Crippen LogP contribution in [-0.2, 0) is 0 Å². The number of aromatic nitrogens is 2. The van der Waals surface area contributed by atoms with Gasteiger partial charge in [-0.3, -0.25) is 9.97 Å². The van der Waals surface area contributed by atoms with Gasteiger partial charge in [0.25, 0.3) is 0 Å². The van der Waals surface area contributed by atoms with Gasteiger partial charge in [-0.1, -0.05) is 115 Å². The average Bonchev–Trinajstić information content (AvgIpc) is 3.90. The van der Waals surface area contributed by atoms with Gasteiger partial charge >= 0.3 is 0 Å². The predicted molar refractivity (Wildman–Crippen MR) is 257 cm³/mol. The molecule has 11 aromatic rings. The Bertz CT molecular complexity index is 3280. The summed E-state index contributed by atoms with van der Waals surface area (Å²) in [6.45, 7) is 0. The van der Waals surface area contributed by atoms with Crippen molar-refractivity contribution in [3.63, 3.8) is 0 Å². The summed E-state index contributed by atoms with van der Waals surface area (Å²) in [5, 5.41) is 5.02. The quantitative estimate of drug-likeness (QED) is 0.145. The van der Waals surface area contributed by atoms with Crippen molar-refractivity contribution in [2.75, 3.05) is 9.80 Å². The minimum atomic E-state index is 1.05. The van der Waals surface area contributed by atoms with Crippen molar-refractivity contribution in [1.82, 2.24) is 9.97 Å². The summed E-state index contributed by atoms with van der Waals surface area (Å²) in [4.78, 5) is 13.8. The topological polar surface area (TPSA) is 32.3 Å². The van der Waals surface area contributed by atoms with E-state index >= 15 is 0 Å². The van der Waals surface area contributed by atoms with Crippen LogP contribution in [-0.4, -0.2) is 9.97 Å². The second-order valence-corrected chi connectivity index (χ2v) is 16.7. The second kappa shape index (κ2) is 15.4. The van der Waals surface area contributed by atoms with Crippen LogP contribution in [0.25, 0.3) is 52.0 Å². The molecule has 0 saturated carbocycles. The third kappa shape index (κ3) is 6.39. The number of hydrogen-bond donors (Lipinski definition) is 0. The summed E-state index contributed by atoms with van der Waals surface area (Å²) in [6.07, 6.45) is 9.78. The molecule has 0 aliphatic heterocycles. The molecular formula is C54H36N4S2. The van der Waals surface area contributed by atoms with Crippen molar-refractivity contribution in [1.29, 1.82) is 0 Å². The molecule has 0 saturated heterocycles. The lowest BCUT2D eigenvalue weighted by molar-refractivity contribution is 1.26. The Balaban J connectivity index is 1.10. The van der Waals surface area contributed by atoms with Crippen LogP contribution < -0.4 is 9.80 Å². The summed E-state index contributed by atoms with van der Waals surface area (Å²) < 4.78 is 5.01. The highest BCUT2D eigenvalue weighted by atomic mass is 32.1. The highest BCUT2D eigenvalue weighted by molar-refractivity contribution is 7.27. The number of hydrogen-bond acceptors (Lipinski definition) is 6. The summed E-state index contributed by atoms with van der Waals surface area (Å²) in [5.41, 5.74) is 11.0. The van der Waals surface area contributed by atoms with E-state index in [0.717, 1.165) is 56.4 Å². The standard InChI is InChI=1S/C54H36N4S2/c1-3-18-40(19-4-1)57(49-28-11-26-45-44-24-7-8-30-51(44)59-53(45)49)42-22-10-23-43(34-42)58(41-20-5-2-6-21-41)50-29-12-27-47-46-25-9-15-37(52(46)60-54(47)50)33-48(38-16-13-31-55-35-38)39-17-14-32-56-36-39/h1-36H. The zero-order valence-electron chi connectivity index (χ0n) is 32.4. The lowest BCUT2D eigenvalue weighted by Gasteiger charge is -2.30. The van der Waals surface area contributed by atoms with Crippen LogP contribution in [0.1, 0.15) is 16.7 Å². The molecule has 0 amide bonds. The highest BCUT2D eigenvalue weighted by Gasteiger charge is 2.22. The molecule has 0 unspecified atom stereocenters. The normalized spacial score (nSPS) is 11.3. The lowest BCUT2D eigenvalue weighted by atomic mass is 9.97. The number of anilines is 6. The molecule has 7 aromatic carbocycles. The minimum Gasteiger partial charge on any atom is -0.309 e. The molecule has 0 N–H and O–H groups in total. The maximum atomic E-state index is 4.47. The van der Waals surface area contributed by atoms with Gasteiger partial charge in [-0.25, -0.2) is 0 Å². The van der Waals surface area contributed by atoms with Gasteiger partial charge in [0.05, 0.1) is 20.8 Å². The molecule has 0 fully saturated rings. The molecule has 0 spiro atoms. The van der Waals surface area contributed by atoms with Crippen LogP contribution >= 0.6 is 22.7 Å². The largest absolute Gasteiger partial charge is 0.309 e. The number of rotatable bonds is 9. The van der Waals surface area contributed by atoms with Crippen molar-refractivity contribution in [3.05, 3.63) is 230 Å². The monoisotopic (exact) mass is 804 g/mol. The van der Waals surface area contributed by atoms with E-state index in [1.165, 1.54) is 40.3 Å². The van der Waals surface area contributed by atoms with Gasteiger partial charge in [-0.15, -0.1) is 22.7 Å². The fraction of sp³-hybridized carbons (Fsp3) is 0. The number of para-hydroxylation sites is 2. The van der Waals surface area contributed by atoms with E-state index in [1.54, 1.807) is 0 Å². The maximum Gasteiger partial charge on any atom is 0.0640 e. The molecule has 4 nitrogen and oxygen atoms in total. The Kier molecular flexibility index (Phi) is 9.19. The number of thiophene rings is 2. The molecule has 0 aliphatic carbocycles. The number of fused-ring (bicyclic) bond motifs is 6. The van der Waals surface area contributed by atoms with Crippen LogP contribution in [0, 0.1) is 0 Å². The molecule has 6 heteroatoms. The van der Waals surface area contributed by atoms with Crippen molar-refractivity contribution >= 4 is 109 Å². The fourth-order valence-electron chi connectivity index (χ4n) is 8.34. The zero-order valence-corrected chi connectivity index (χ0v) is 34.0. The van der Waals surface area contributed by atoms with Crippen molar-refractivity contribution in [2.45, 2.75) is 0 Å². The van der Waals surface area contributed by atoms with Gasteiger partial charge in [-0.05, 0) is 90.0 Å². The van der Waals surface area contributed by atoms with Crippen molar-refractivity contribution < 1.29 is 0 Å². The molecule has 0 atom stereocenters. The van der Waals surface area contributed by atoms with E-state index in [2.05, 4.69) is 202 Å². The molecule has 0 bridgehead atoms. The summed E-state index contributed by atoms with van der Waals surface area (Å²) in [6, 6.07) is 67.4. The van der Waals surface area contributed by atoms with Gasteiger partial charge in [0, 0.05) is 89.6 Å². The highest BCUT2D eigenvalue weighted by Crippen LogP contribution is 2.49. The predicted octanol–water partition coefficient (Wildman–Crippen LogP) is 15.7. The summed E-state index contributed by atoms with van der Waals surface area (Å²) in [5.74, 6) is 0. The minimum absolute atomic E-state index is 1.05. The van der Waals surface area contributed by atoms with Gasteiger partial charge in [0.2, 0.25) is 0 Å². The van der Waals surface area contributed by atoms with Crippen LogP contribution in [0.5, 0.6) is 0 Å². The smallest absolute Gasteiger partial charge is 0.0640 e. The van der Waals surface area contributed by atoms with Crippen LogP contribution in [0.15, 0.2) is 213 Å². The van der Waals surface area contributed by atoms with Gasteiger partial charge < -0.3 is 9.80 Å². The molecule has 284 valence electrons. The molecule has 0 radical (unpaired) electrons. The number of pyridine rings is 2. The van der Waals surface area contributed by atoms with Gasteiger partial charge in [-0.2, -0.15) is 0 Å². The van der Waals surface area contributed by atoms with E-state index in [1.807, 2.05) is 59.6 Å². The summed E-state index contributed by atoms with van der Waals surface area (Å²) >= 11 is 3.70. The molecule has 4 heterocycles. The summed E-state index contributed by atoms with van der Waals surface area (Å²) in [7, 11) is 0. The third-order valence-corrected chi connectivity index (χ3v) is 13.5. The van der Waals surface area contributed by atoms with E-state index in [4.69, 9.17) is 0 Å². The first-order valence-corrected chi connectivity index (χ1v) is 21.6. The molecular weight excluding hydrogens is 769 g/mol. The molecule has 4 aromatic heterocycles. The zero-order chi connectivity index (χ0) is 39.8. The van der Waals surface area contributed by atoms with E-state index in [-0.39, 0.29) is 0 Å². The Morgan fingerprint density at radius 3 is 1.48 bits per heavy atom. The van der Waals surface area contributed by atoms with Gasteiger partial charge in [0.15, 0.2) is 0 Å². The fourth-order valence-corrected chi connectivity index (χ4v) is 10.8. The second-order valence-electron chi connectivity index (χ2n) is 14.6. The van der Waals surface area contributed by atoms with E-state index in [0.29, 0.717) is 0 Å². The van der Waals surface area contributed by atoms with Crippen LogP contribution in [0.3, 0.4) is 0 Å². The first kappa shape index (κ1) is 35.8. The Labute approximate surface area is 356 Å². The van der Waals surface area contributed by atoms with E-state index < -0.39 is 0 Å². The SMILES string of the molecule is C(=C(c1cccnc1)c1cccnc1)c1cccc2c1sc1c(N(c3ccccc3)c3cccc(N(c4ccccc4)c4cccc5c4sc4ccccc45)c3)cccc12. The van der Waals surface area contributed by atoms with Crippen molar-refractivity contribution in [3.8, 4) is 0 Å². The maximum absolute atomic E-state index is 4.47. The molecule has 0 aliphatic rings. The molecule has 11 rings (SSSR count). The third-order valence-electron chi connectivity index (χ3n) is 11.0. The number of nitrogens with zero attached hydrogens (tertiary/aromatic N) is 4. The lowest BCUT2D eigenvalue weighted by Crippen LogP contribution is -2.13. The average molecular weight is 805 g/mol. The van der Waals surface area contributed by atoms with Crippen molar-refractivity contribution in [2.24, 2.45) is 0 Å². The van der Waals surface area contributed by atoms with Crippen LogP contribution in [0.2, 0.25) is 0 Å². The molecule has 60 heavy (non-hydrogen) atoms. The van der Waals surface area contributed by atoms with Gasteiger partial charge in [0.1, 0.15) is 0 Å². The van der Waals surface area contributed by atoms with E-state index in [9.17, 15) is 0 Å². The first-order valence-electron chi connectivity index (χ1n) is 20.0. The van der Waals surface area contributed by atoms with Crippen LogP contribution in [0.4, 0.5) is 34.1 Å². The Hall–Kier alpha value is -7.38. The number of benzene rings is 7.